The van der Waals surface area contributed by atoms with Crippen LogP contribution in [-0.2, 0) is 10.1 Å². The van der Waals surface area contributed by atoms with Crippen LogP contribution in [0.2, 0.25) is 0 Å². The van der Waals surface area contributed by atoms with Gasteiger partial charge in [0.1, 0.15) is 0 Å². The van der Waals surface area contributed by atoms with Gasteiger partial charge in [0.2, 0.25) is 0 Å². The predicted molar refractivity (Wildman–Crippen MR) is 74.9 cm³/mol. The summed E-state index contributed by atoms with van der Waals surface area (Å²) in [6.45, 7) is 0. The minimum atomic E-state index is -5.72. The van der Waals surface area contributed by atoms with E-state index in [0.29, 0.717) is 16.4 Å². The lowest BCUT2D eigenvalue weighted by Gasteiger charge is -2.11. The minimum absolute atomic E-state index is 0.189. The number of para-hydroxylation sites is 1. The average Bonchev–Trinajstić information content (AvgIpc) is 2.44. The molecule has 1 aromatic heterocycles. The van der Waals surface area contributed by atoms with E-state index in [1.165, 1.54) is 6.07 Å². The van der Waals surface area contributed by atoms with Crippen molar-refractivity contribution < 1.29 is 25.8 Å². The van der Waals surface area contributed by atoms with Crippen LogP contribution in [0, 0.1) is 0 Å². The van der Waals surface area contributed by atoms with E-state index in [2.05, 4.69) is 9.17 Å². The number of rotatable bonds is 2. The molecule has 0 bridgehead atoms. The number of alkyl halides is 3. The summed E-state index contributed by atoms with van der Waals surface area (Å²) in [6, 6.07) is 12.6. The molecule has 4 nitrogen and oxygen atoms in total. The number of halogens is 3. The Kier molecular flexibility index (Phi) is 3.21. The number of nitrogens with zero attached hydrogens (tertiary/aromatic N) is 1. The molecule has 0 unspecified atom stereocenters. The SMILES string of the molecule is O=S(=O)(Oc1cccc2nc3ccccc3cc12)C(F)(F)F. The molecule has 3 rings (SSSR count). The minimum Gasteiger partial charge on any atom is -0.375 e. The second-order valence-corrected chi connectivity index (χ2v) is 6.02. The maximum atomic E-state index is 12.4. The summed E-state index contributed by atoms with van der Waals surface area (Å²) in [6.07, 6.45) is 0. The fourth-order valence-corrected chi connectivity index (χ4v) is 2.49. The third-order valence-electron chi connectivity index (χ3n) is 3.00. The van der Waals surface area contributed by atoms with Crippen LogP contribution >= 0.6 is 0 Å². The van der Waals surface area contributed by atoms with E-state index in [9.17, 15) is 21.6 Å². The van der Waals surface area contributed by atoms with Gasteiger partial charge in [0, 0.05) is 10.8 Å². The van der Waals surface area contributed by atoms with E-state index >= 15 is 0 Å². The predicted octanol–water partition coefficient (Wildman–Crippen LogP) is 3.62. The van der Waals surface area contributed by atoms with Crippen molar-refractivity contribution in [1.29, 1.82) is 0 Å². The molecule has 3 aromatic rings. The van der Waals surface area contributed by atoms with Crippen LogP contribution in [0.4, 0.5) is 13.2 Å². The topological polar surface area (TPSA) is 56.3 Å². The van der Waals surface area contributed by atoms with Crippen LogP contribution in [0.5, 0.6) is 5.75 Å². The molecule has 0 atom stereocenters. The van der Waals surface area contributed by atoms with E-state index in [-0.39, 0.29) is 5.39 Å². The van der Waals surface area contributed by atoms with E-state index in [0.717, 1.165) is 6.07 Å². The molecule has 0 aliphatic heterocycles. The first-order chi connectivity index (χ1) is 10.3. The highest BCUT2D eigenvalue weighted by atomic mass is 32.2. The fourth-order valence-electron chi connectivity index (χ4n) is 2.01. The van der Waals surface area contributed by atoms with Gasteiger partial charge in [-0.15, -0.1) is 0 Å². The molecule has 114 valence electrons. The Bertz CT molecular complexity index is 968. The van der Waals surface area contributed by atoms with Gasteiger partial charge >= 0.3 is 15.6 Å². The first kappa shape index (κ1) is 14.6. The summed E-state index contributed by atoms with van der Waals surface area (Å²) < 4.78 is 63.9. The van der Waals surface area contributed by atoms with Gasteiger partial charge in [-0.1, -0.05) is 24.3 Å². The maximum absolute atomic E-state index is 12.4. The van der Waals surface area contributed by atoms with Crippen molar-refractivity contribution in [2.75, 3.05) is 0 Å². The van der Waals surface area contributed by atoms with Crippen LogP contribution < -0.4 is 4.18 Å². The molecule has 8 heteroatoms. The van der Waals surface area contributed by atoms with Crippen LogP contribution in [0.25, 0.3) is 21.8 Å². The summed E-state index contributed by atoms with van der Waals surface area (Å²) in [7, 11) is -5.72. The molecule has 0 saturated carbocycles. The number of hydrogen-bond acceptors (Lipinski definition) is 4. The number of benzene rings is 2. The summed E-state index contributed by atoms with van der Waals surface area (Å²) in [5.41, 5.74) is -4.50. The molecule has 0 radical (unpaired) electrons. The van der Waals surface area contributed by atoms with Crippen molar-refractivity contribution in [3.63, 3.8) is 0 Å². The van der Waals surface area contributed by atoms with Crippen molar-refractivity contribution >= 4 is 31.9 Å². The number of fused-ring (bicyclic) bond motifs is 2. The molecule has 0 spiro atoms. The maximum Gasteiger partial charge on any atom is 0.534 e. The summed E-state index contributed by atoms with van der Waals surface area (Å²) in [4.78, 5) is 4.27. The molecule has 0 aliphatic carbocycles. The molecule has 0 N–H and O–H groups in total. The molecule has 2 aromatic carbocycles. The first-order valence-electron chi connectivity index (χ1n) is 6.07. The van der Waals surface area contributed by atoms with Gasteiger partial charge in [0.15, 0.2) is 5.75 Å². The molecular formula is C14H8F3NO3S. The lowest BCUT2D eigenvalue weighted by atomic mass is 10.1. The number of hydrogen-bond donors (Lipinski definition) is 0. The van der Waals surface area contributed by atoms with Crippen LogP contribution in [0.3, 0.4) is 0 Å². The summed E-state index contributed by atoms with van der Waals surface area (Å²) in [5, 5.41) is 0.851. The standard InChI is InChI=1S/C14H8F3NO3S/c15-14(16,17)22(19,20)21-13-7-3-6-12-10(13)8-9-4-1-2-5-11(9)18-12/h1-8H. The Morgan fingerprint density at radius 2 is 1.64 bits per heavy atom. The third-order valence-corrected chi connectivity index (χ3v) is 3.97. The number of pyridine rings is 1. The normalized spacial score (nSPS) is 12.7. The summed E-state index contributed by atoms with van der Waals surface area (Å²) >= 11 is 0. The summed E-state index contributed by atoms with van der Waals surface area (Å²) in [5.74, 6) is -0.409. The lowest BCUT2D eigenvalue weighted by molar-refractivity contribution is -0.0499. The highest BCUT2D eigenvalue weighted by Crippen LogP contribution is 2.32. The zero-order valence-electron chi connectivity index (χ0n) is 10.8. The van der Waals surface area contributed by atoms with Gasteiger partial charge in [-0.2, -0.15) is 21.6 Å². The Morgan fingerprint density at radius 1 is 0.955 bits per heavy atom. The molecule has 22 heavy (non-hydrogen) atoms. The van der Waals surface area contributed by atoms with E-state index in [1.54, 1.807) is 36.4 Å². The van der Waals surface area contributed by atoms with Crippen molar-refractivity contribution in [1.82, 2.24) is 4.98 Å². The molecule has 0 saturated heterocycles. The van der Waals surface area contributed by atoms with Crippen LogP contribution in [0.15, 0.2) is 48.5 Å². The van der Waals surface area contributed by atoms with E-state index in [4.69, 9.17) is 0 Å². The quantitative estimate of drug-likeness (QED) is 0.410. The lowest BCUT2D eigenvalue weighted by Crippen LogP contribution is -2.28. The molecule has 0 amide bonds. The van der Waals surface area contributed by atoms with Gasteiger partial charge in [-0.05, 0) is 24.3 Å². The molecule has 0 fully saturated rings. The zero-order chi connectivity index (χ0) is 16.0. The van der Waals surface area contributed by atoms with Gasteiger partial charge in [-0.3, -0.25) is 0 Å². The highest BCUT2D eigenvalue weighted by molar-refractivity contribution is 7.88. The monoisotopic (exact) mass is 327 g/mol. The second-order valence-electron chi connectivity index (χ2n) is 4.49. The van der Waals surface area contributed by atoms with Crippen LogP contribution in [-0.4, -0.2) is 18.9 Å². The molecular weight excluding hydrogens is 319 g/mol. The third kappa shape index (κ3) is 2.45. The van der Waals surface area contributed by atoms with Crippen molar-refractivity contribution in [2.24, 2.45) is 0 Å². The van der Waals surface area contributed by atoms with Gasteiger partial charge < -0.3 is 4.18 Å². The Morgan fingerprint density at radius 3 is 2.36 bits per heavy atom. The Labute approximate surface area is 123 Å². The number of aromatic nitrogens is 1. The van der Waals surface area contributed by atoms with Crippen molar-refractivity contribution in [3.8, 4) is 5.75 Å². The van der Waals surface area contributed by atoms with E-state index in [1.807, 2.05) is 0 Å². The Hall–Kier alpha value is -2.35. The zero-order valence-corrected chi connectivity index (χ0v) is 11.6. The largest absolute Gasteiger partial charge is 0.534 e. The smallest absolute Gasteiger partial charge is 0.375 e. The average molecular weight is 327 g/mol. The van der Waals surface area contributed by atoms with E-state index < -0.39 is 21.4 Å². The van der Waals surface area contributed by atoms with Gasteiger partial charge in [0.25, 0.3) is 0 Å². The van der Waals surface area contributed by atoms with Crippen molar-refractivity contribution in [2.45, 2.75) is 5.51 Å². The highest BCUT2D eigenvalue weighted by Gasteiger charge is 2.48. The first-order valence-corrected chi connectivity index (χ1v) is 7.48. The fraction of sp³-hybridized carbons (Fsp3) is 0.0714. The van der Waals surface area contributed by atoms with Gasteiger partial charge in [0.05, 0.1) is 11.0 Å². The van der Waals surface area contributed by atoms with Crippen molar-refractivity contribution in [3.05, 3.63) is 48.5 Å². The Balaban J connectivity index is 2.20. The van der Waals surface area contributed by atoms with Gasteiger partial charge in [-0.25, -0.2) is 4.98 Å². The van der Waals surface area contributed by atoms with Crippen LogP contribution in [0.1, 0.15) is 0 Å². The molecule has 1 heterocycles. The molecule has 0 aliphatic rings. The second kappa shape index (κ2) is 4.84.